The molecule has 30 heavy (non-hydrogen) atoms. The lowest BCUT2D eigenvalue weighted by molar-refractivity contribution is 0.112. The van der Waals surface area contributed by atoms with Crippen molar-refractivity contribution in [2.75, 3.05) is 0 Å². The molecule has 2 nitrogen and oxygen atoms in total. The Labute approximate surface area is 180 Å². The van der Waals surface area contributed by atoms with Crippen LogP contribution in [0.15, 0.2) is 66.7 Å². The Morgan fingerprint density at radius 1 is 0.600 bits per heavy atom. The van der Waals surface area contributed by atoms with Crippen LogP contribution in [0.2, 0.25) is 0 Å². The van der Waals surface area contributed by atoms with E-state index in [0.29, 0.717) is 16.7 Å². The lowest BCUT2D eigenvalue weighted by Crippen LogP contribution is -1.98. The molecule has 0 fully saturated rings. The Morgan fingerprint density at radius 2 is 1.17 bits per heavy atom. The van der Waals surface area contributed by atoms with Gasteiger partial charge in [-0.05, 0) is 35.1 Å². The molecule has 0 atom stereocenters. The van der Waals surface area contributed by atoms with Crippen LogP contribution in [0.1, 0.15) is 71.7 Å². The van der Waals surface area contributed by atoms with E-state index in [4.69, 9.17) is 0 Å². The number of hydrogen-bond donors (Lipinski definition) is 0. The van der Waals surface area contributed by atoms with Gasteiger partial charge in [-0.25, -0.2) is 0 Å². The normalized spacial score (nSPS) is 10.7. The summed E-state index contributed by atoms with van der Waals surface area (Å²) < 4.78 is 0. The monoisotopic (exact) mass is 398 g/mol. The summed E-state index contributed by atoms with van der Waals surface area (Å²) >= 11 is 0. The molecule has 3 aromatic carbocycles. The third-order valence-corrected chi connectivity index (χ3v) is 5.69. The van der Waals surface area contributed by atoms with Gasteiger partial charge in [-0.1, -0.05) is 106 Å². The quantitative estimate of drug-likeness (QED) is 0.247. The predicted octanol–water partition coefficient (Wildman–Crippen LogP) is 7.55. The van der Waals surface area contributed by atoms with Gasteiger partial charge in [0.15, 0.2) is 12.6 Å². The van der Waals surface area contributed by atoms with E-state index in [-0.39, 0.29) is 0 Å². The summed E-state index contributed by atoms with van der Waals surface area (Å²) in [5, 5.41) is 0. The molecule has 0 aromatic heterocycles. The van der Waals surface area contributed by atoms with E-state index in [1.54, 1.807) is 18.2 Å². The second-order valence-electron chi connectivity index (χ2n) is 7.77. The van der Waals surface area contributed by atoms with Gasteiger partial charge in [0.1, 0.15) is 0 Å². The summed E-state index contributed by atoms with van der Waals surface area (Å²) in [7, 11) is 0. The van der Waals surface area contributed by atoms with Gasteiger partial charge in [-0.15, -0.1) is 0 Å². The lowest BCUT2D eigenvalue weighted by atomic mass is 9.87. The zero-order valence-corrected chi connectivity index (χ0v) is 17.8. The number of aldehydes is 2. The minimum atomic E-state index is 0.542. The van der Waals surface area contributed by atoms with Crippen LogP contribution in [-0.4, -0.2) is 12.6 Å². The van der Waals surface area contributed by atoms with Crippen molar-refractivity contribution >= 4 is 12.6 Å². The van der Waals surface area contributed by atoms with E-state index in [9.17, 15) is 9.59 Å². The molecule has 0 amide bonds. The Bertz CT molecular complexity index is 961. The second kappa shape index (κ2) is 11.3. The van der Waals surface area contributed by atoms with Gasteiger partial charge in [-0.3, -0.25) is 9.59 Å². The molecule has 0 bridgehead atoms. The molecule has 0 aliphatic heterocycles. The number of hydrogen-bond acceptors (Lipinski definition) is 2. The van der Waals surface area contributed by atoms with Crippen LogP contribution in [0, 0.1) is 0 Å². The first-order valence-electron chi connectivity index (χ1n) is 11.0. The molecule has 0 heterocycles. The molecule has 0 N–H and O–H groups in total. The zero-order chi connectivity index (χ0) is 21.2. The maximum atomic E-state index is 11.7. The Balaban J connectivity index is 1.96. The fourth-order valence-corrected chi connectivity index (χ4v) is 4.13. The van der Waals surface area contributed by atoms with Gasteiger partial charge >= 0.3 is 0 Å². The van der Waals surface area contributed by atoms with Crippen molar-refractivity contribution in [3.8, 4) is 22.3 Å². The molecule has 0 saturated carbocycles. The summed E-state index contributed by atoms with van der Waals surface area (Å²) in [6.07, 6.45) is 10.3. The maximum absolute atomic E-state index is 11.7. The van der Waals surface area contributed by atoms with Crippen LogP contribution < -0.4 is 0 Å². The van der Waals surface area contributed by atoms with Crippen LogP contribution in [-0.2, 0) is 6.42 Å². The molecule has 0 radical (unpaired) electrons. The topological polar surface area (TPSA) is 34.1 Å². The zero-order valence-electron chi connectivity index (χ0n) is 17.8. The summed E-state index contributed by atoms with van der Waals surface area (Å²) in [6, 6.07) is 21.9. The van der Waals surface area contributed by atoms with Crippen LogP contribution in [0.3, 0.4) is 0 Å². The van der Waals surface area contributed by atoms with E-state index in [2.05, 4.69) is 37.3 Å². The maximum Gasteiger partial charge on any atom is 0.150 e. The minimum Gasteiger partial charge on any atom is -0.298 e. The van der Waals surface area contributed by atoms with Crippen LogP contribution in [0.5, 0.6) is 0 Å². The third-order valence-electron chi connectivity index (χ3n) is 5.69. The Kier molecular flexibility index (Phi) is 8.14. The molecule has 154 valence electrons. The fourth-order valence-electron chi connectivity index (χ4n) is 4.13. The second-order valence-corrected chi connectivity index (χ2v) is 7.77. The highest BCUT2D eigenvalue weighted by molar-refractivity contribution is 6.00. The van der Waals surface area contributed by atoms with Gasteiger partial charge in [0.25, 0.3) is 0 Å². The molecule has 2 heteroatoms. The van der Waals surface area contributed by atoms with Gasteiger partial charge in [0.2, 0.25) is 0 Å². The lowest BCUT2D eigenvalue weighted by Gasteiger charge is -2.16. The van der Waals surface area contributed by atoms with Crippen molar-refractivity contribution in [3.05, 3.63) is 83.4 Å². The number of unbranched alkanes of at least 4 members (excludes halogenated alkanes) is 5. The van der Waals surface area contributed by atoms with Crippen molar-refractivity contribution in [2.45, 2.75) is 51.9 Å². The van der Waals surface area contributed by atoms with Gasteiger partial charge in [0.05, 0.1) is 0 Å². The van der Waals surface area contributed by atoms with Crippen molar-refractivity contribution in [1.82, 2.24) is 0 Å². The summed E-state index contributed by atoms with van der Waals surface area (Å²) in [4.78, 5) is 23.4. The van der Waals surface area contributed by atoms with Crippen LogP contribution in [0.4, 0.5) is 0 Å². The molecule has 0 spiro atoms. The highest BCUT2D eigenvalue weighted by Crippen LogP contribution is 2.37. The first-order valence-corrected chi connectivity index (χ1v) is 11.0. The first-order chi connectivity index (χ1) is 14.8. The van der Waals surface area contributed by atoms with Crippen molar-refractivity contribution in [2.24, 2.45) is 0 Å². The highest BCUT2D eigenvalue weighted by Gasteiger charge is 2.16. The number of carbonyl (C=O) groups is 2. The molecular formula is C28H30O2. The molecule has 3 rings (SSSR count). The SMILES string of the molecule is CCCCCCCCc1ccccc1-c1ccccc1-c1c(C=O)cccc1C=O. The molecule has 0 aliphatic carbocycles. The largest absolute Gasteiger partial charge is 0.298 e. The number of benzene rings is 3. The van der Waals surface area contributed by atoms with Gasteiger partial charge < -0.3 is 0 Å². The van der Waals surface area contributed by atoms with E-state index in [1.165, 1.54) is 49.7 Å². The molecular weight excluding hydrogens is 368 g/mol. The molecule has 3 aromatic rings. The van der Waals surface area contributed by atoms with Gasteiger partial charge in [0, 0.05) is 16.7 Å². The van der Waals surface area contributed by atoms with E-state index < -0.39 is 0 Å². The predicted molar refractivity (Wildman–Crippen MR) is 125 cm³/mol. The van der Waals surface area contributed by atoms with E-state index in [0.717, 1.165) is 30.1 Å². The van der Waals surface area contributed by atoms with Crippen LogP contribution >= 0.6 is 0 Å². The smallest absolute Gasteiger partial charge is 0.150 e. The van der Waals surface area contributed by atoms with E-state index >= 15 is 0 Å². The Morgan fingerprint density at radius 3 is 1.83 bits per heavy atom. The number of carbonyl (C=O) groups excluding carboxylic acids is 2. The third kappa shape index (κ3) is 5.13. The molecule has 0 aliphatic rings. The van der Waals surface area contributed by atoms with Crippen molar-refractivity contribution in [3.63, 3.8) is 0 Å². The number of aryl methyl sites for hydroxylation is 1. The number of rotatable bonds is 11. The van der Waals surface area contributed by atoms with Gasteiger partial charge in [-0.2, -0.15) is 0 Å². The Hall–Kier alpha value is -3.00. The van der Waals surface area contributed by atoms with Crippen molar-refractivity contribution in [1.29, 1.82) is 0 Å². The van der Waals surface area contributed by atoms with E-state index in [1.807, 2.05) is 18.2 Å². The average Bonchev–Trinajstić information content (AvgIpc) is 2.81. The van der Waals surface area contributed by atoms with Crippen molar-refractivity contribution < 1.29 is 9.59 Å². The average molecular weight is 399 g/mol. The molecule has 0 unspecified atom stereocenters. The molecule has 0 saturated heterocycles. The minimum absolute atomic E-state index is 0.542. The first kappa shape index (κ1) is 21.7. The fraction of sp³-hybridized carbons (Fsp3) is 0.286. The highest BCUT2D eigenvalue weighted by atomic mass is 16.1. The van der Waals surface area contributed by atoms with Crippen LogP contribution in [0.25, 0.3) is 22.3 Å². The summed E-state index contributed by atoms with van der Waals surface area (Å²) in [5.74, 6) is 0. The standard InChI is InChI=1S/C28H30O2/c1-2-3-4-5-6-7-13-22-14-8-9-17-25(22)26-18-10-11-19-27(26)28-23(20-29)15-12-16-24(28)21-30/h8-12,14-21H,2-7,13H2,1H3. The summed E-state index contributed by atoms with van der Waals surface area (Å²) in [6.45, 7) is 2.24. The summed E-state index contributed by atoms with van der Waals surface area (Å²) in [5.41, 5.74) is 6.29.